The van der Waals surface area contributed by atoms with Crippen LogP contribution in [0.4, 0.5) is 13.2 Å². The molecular formula is C18H12F3N7O2S. The second kappa shape index (κ2) is 7.75. The van der Waals surface area contributed by atoms with E-state index in [4.69, 9.17) is 0 Å². The molecule has 9 nitrogen and oxygen atoms in total. The predicted octanol–water partition coefficient (Wildman–Crippen LogP) is 2.67. The number of nitrogens with one attached hydrogen (secondary N) is 2. The monoisotopic (exact) mass is 447 g/mol. The molecule has 0 aliphatic rings. The normalized spacial score (nSPS) is 11.5. The lowest BCUT2D eigenvalue weighted by Crippen LogP contribution is -2.41. The molecule has 3 aromatic heterocycles. The summed E-state index contributed by atoms with van der Waals surface area (Å²) < 4.78 is 40.0. The molecule has 2 amide bonds. The third-order valence-electron chi connectivity index (χ3n) is 4.33. The number of benzene rings is 1. The van der Waals surface area contributed by atoms with E-state index in [2.05, 4.69) is 31.4 Å². The molecule has 0 aliphatic carbocycles. The summed E-state index contributed by atoms with van der Waals surface area (Å²) in [4.78, 5) is 28.6. The van der Waals surface area contributed by atoms with E-state index in [1.54, 1.807) is 19.1 Å². The SMILES string of the molecule is Cc1c(C(=O)NNC(=O)c2ccc(-n3cnnn3)cc2)sc2nc(C(F)(F)F)ccc12. The van der Waals surface area contributed by atoms with Gasteiger partial charge in [0.25, 0.3) is 11.8 Å². The molecule has 31 heavy (non-hydrogen) atoms. The number of carbonyl (C=O) groups is 2. The Bertz CT molecular complexity index is 1270. The quantitative estimate of drug-likeness (QED) is 0.467. The van der Waals surface area contributed by atoms with Gasteiger partial charge in [-0.3, -0.25) is 20.4 Å². The van der Waals surface area contributed by atoms with Crippen molar-refractivity contribution >= 4 is 33.4 Å². The molecule has 0 spiro atoms. The number of aryl methyl sites for hydroxylation is 1. The Labute approximate surface area is 175 Å². The summed E-state index contributed by atoms with van der Waals surface area (Å²) in [5.41, 5.74) is 4.89. The van der Waals surface area contributed by atoms with Gasteiger partial charge in [-0.1, -0.05) is 0 Å². The number of pyridine rings is 1. The van der Waals surface area contributed by atoms with E-state index in [-0.39, 0.29) is 15.3 Å². The molecule has 0 fully saturated rings. The molecule has 2 N–H and O–H groups in total. The molecule has 0 saturated carbocycles. The van der Waals surface area contributed by atoms with Crippen LogP contribution in [0.5, 0.6) is 0 Å². The Morgan fingerprint density at radius 3 is 2.39 bits per heavy atom. The Hall–Kier alpha value is -3.87. The van der Waals surface area contributed by atoms with Crippen molar-refractivity contribution in [3.8, 4) is 5.69 Å². The highest BCUT2D eigenvalue weighted by Gasteiger charge is 2.33. The largest absolute Gasteiger partial charge is 0.433 e. The maximum absolute atomic E-state index is 12.9. The van der Waals surface area contributed by atoms with Crippen molar-refractivity contribution in [3.63, 3.8) is 0 Å². The zero-order valence-corrected chi connectivity index (χ0v) is 16.5. The van der Waals surface area contributed by atoms with Crippen LogP contribution in [-0.4, -0.2) is 37.0 Å². The molecule has 0 aliphatic heterocycles. The van der Waals surface area contributed by atoms with E-state index < -0.39 is 23.7 Å². The Kier molecular flexibility index (Phi) is 5.10. The minimum atomic E-state index is -4.58. The average Bonchev–Trinajstić information content (AvgIpc) is 3.39. The van der Waals surface area contributed by atoms with E-state index in [0.717, 1.165) is 17.4 Å². The van der Waals surface area contributed by atoms with Gasteiger partial charge in [-0.15, -0.1) is 16.4 Å². The summed E-state index contributed by atoms with van der Waals surface area (Å²) in [5.74, 6) is -1.24. The molecule has 4 rings (SSSR count). The second-order valence-electron chi connectivity index (χ2n) is 6.31. The highest BCUT2D eigenvalue weighted by atomic mass is 32.1. The van der Waals surface area contributed by atoms with Crippen molar-refractivity contribution in [2.75, 3.05) is 0 Å². The lowest BCUT2D eigenvalue weighted by molar-refractivity contribution is -0.140. The Morgan fingerprint density at radius 1 is 1.03 bits per heavy atom. The number of thiophene rings is 1. The number of aromatic nitrogens is 5. The van der Waals surface area contributed by atoms with Gasteiger partial charge in [0.1, 0.15) is 16.9 Å². The lowest BCUT2D eigenvalue weighted by atomic mass is 10.2. The van der Waals surface area contributed by atoms with Gasteiger partial charge in [0, 0.05) is 10.9 Å². The summed E-state index contributed by atoms with van der Waals surface area (Å²) in [5, 5.41) is 11.2. The molecule has 1 aromatic carbocycles. The zero-order valence-electron chi connectivity index (χ0n) is 15.6. The first-order valence-corrected chi connectivity index (χ1v) is 9.47. The first-order valence-electron chi connectivity index (χ1n) is 8.65. The zero-order chi connectivity index (χ0) is 22.2. The van der Waals surface area contributed by atoms with E-state index in [1.807, 2.05) is 0 Å². The van der Waals surface area contributed by atoms with Crippen LogP contribution in [-0.2, 0) is 6.18 Å². The number of alkyl halides is 3. The first-order chi connectivity index (χ1) is 14.7. The number of hydrogen-bond acceptors (Lipinski definition) is 7. The van der Waals surface area contributed by atoms with Crippen LogP contribution in [0.25, 0.3) is 15.9 Å². The number of halogens is 3. The standard InChI is InChI=1S/C18H12F3N7O2S/c1-9-12-6-7-13(18(19,20)21)23-17(12)31-14(9)16(30)25-24-15(29)10-2-4-11(5-3-10)28-8-22-26-27-28/h2-8H,1H3,(H,24,29)(H,25,30). The molecule has 158 valence electrons. The van der Waals surface area contributed by atoms with E-state index in [9.17, 15) is 22.8 Å². The Balaban J connectivity index is 1.46. The average molecular weight is 447 g/mol. The third kappa shape index (κ3) is 4.07. The minimum Gasteiger partial charge on any atom is -0.267 e. The number of hydrogen-bond donors (Lipinski definition) is 2. The molecule has 0 saturated heterocycles. The van der Waals surface area contributed by atoms with Crippen LogP contribution in [0.1, 0.15) is 31.3 Å². The van der Waals surface area contributed by atoms with Crippen LogP contribution in [0, 0.1) is 6.92 Å². The van der Waals surface area contributed by atoms with E-state index in [0.29, 0.717) is 16.6 Å². The second-order valence-corrected chi connectivity index (χ2v) is 7.31. The van der Waals surface area contributed by atoms with Crippen LogP contribution in [0.3, 0.4) is 0 Å². The highest BCUT2D eigenvalue weighted by Crippen LogP contribution is 2.34. The van der Waals surface area contributed by atoms with Crippen molar-refractivity contribution in [1.29, 1.82) is 0 Å². The van der Waals surface area contributed by atoms with Crippen molar-refractivity contribution in [3.05, 3.63) is 64.4 Å². The molecule has 0 unspecified atom stereocenters. The topological polar surface area (TPSA) is 115 Å². The van der Waals surface area contributed by atoms with Crippen LogP contribution >= 0.6 is 11.3 Å². The lowest BCUT2D eigenvalue weighted by Gasteiger charge is -2.07. The Morgan fingerprint density at radius 2 is 1.74 bits per heavy atom. The fourth-order valence-corrected chi connectivity index (χ4v) is 3.84. The number of amides is 2. The minimum absolute atomic E-state index is 0.0852. The summed E-state index contributed by atoms with van der Waals surface area (Å²) in [7, 11) is 0. The van der Waals surface area contributed by atoms with Gasteiger partial charge >= 0.3 is 6.18 Å². The van der Waals surface area contributed by atoms with Crippen molar-refractivity contribution < 1.29 is 22.8 Å². The fourth-order valence-electron chi connectivity index (χ4n) is 2.76. The van der Waals surface area contributed by atoms with E-state index in [1.165, 1.54) is 29.2 Å². The summed E-state index contributed by atoms with van der Waals surface area (Å²) >= 11 is 0.814. The molecule has 0 bridgehead atoms. The van der Waals surface area contributed by atoms with Crippen molar-refractivity contribution in [2.45, 2.75) is 13.1 Å². The van der Waals surface area contributed by atoms with Crippen LogP contribution in [0.15, 0.2) is 42.7 Å². The third-order valence-corrected chi connectivity index (χ3v) is 5.53. The molecule has 0 radical (unpaired) electrons. The van der Waals surface area contributed by atoms with Crippen LogP contribution in [0.2, 0.25) is 0 Å². The molecular weight excluding hydrogens is 435 g/mol. The van der Waals surface area contributed by atoms with Gasteiger partial charge in [0.05, 0.1) is 10.6 Å². The number of hydrazine groups is 1. The summed E-state index contributed by atoms with van der Waals surface area (Å²) in [6.45, 7) is 1.60. The van der Waals surface area contributed by atoms with Gasteiger partial charge in [-0.25, -0.2) is 9.67 Å². The number of fused-ring (bicyclic) bond motifs is 1. The van der Waals surface area contributed by atoms with E-state index >= 15 is 0 Å². The highest BCUT2D eigenvalue weighted by molar-refractivity contribution is 7.20. The van der Waals surface area contributed by atoms with Gasteiger partial charge < -0.3 is 0 Å². The number of rotatable bonds is 3. The number of tetrazole rings is 1. The summed E-state index contributed by atoms with van der Waals surface area (Å²) in [6, 6.07) is 8.42. The van der Waals surface area contributed by atoms with Gasteiger partial charge in [-0.05, 0) is 59.3 Å². The summed E-state index contributed by atoms with van der Waals surface area (Å²) in [6.07, 6.45) is -3.18. The van der Waals surface area contributed by atoms with Crippen LogP contribution < -0.4 is 10.9 Å². The molecule has 0 atom stereocenters. The first kappa shape index (κ1) is 20.4. The molecule has 4 aromatic rings. The van der Waals surface area contributed by atoms with Gasteiger partial charge in [-0.2, -0.15) is 13.2 Å². The maximum atomic E-state index is 12.9. The number of carbonyl (C=O) groups excluding carboxylic acids is 2. The van der Waals surface area contributed by atoms with Gasteiger partial charge in [0.2, 0.25) is 0 Å². The van der Waals surface area contributed by atoms with Crippen molar-refractivity contribution in [2.24, 2.45) is 0 Å². The molecule has 3 heterocycles. The molecule has 13 heteroatoms. The maximum Gasteiger partial charge on any atom is 0.433 e. The van der Waals surface area contributed by atoms with Crippen molar-refractivity contribution in [1.82, 2.24) is 36.0 Å². The fraction of sp³-hybridized carbons (Fsp3) is 0.111. The predicted molar refractivity (Wildman–Crippen MR) is 103 cm³/mol. The number of nitrogens with zero attached hydrogens (tertiary/aromatic N) is 5. The van der Waals surface area contributed by atoms with Gasteiger partial charge in [0.15, 0.2) is 0 Å². The smallest absolute Gasteiger partial charge is 0.267 e.